The molecule has 1 heterocycles. The Kier molecular flexibility index (Phi) is 8.35. The van der Waals surface area contributed by atoms with Crippen LogP contribution in [-0.2, 0) is 17.9 Å². The average molecular weight is 283 g/mol. The van der Waals surface area contributed by atoms with Gasteiger partial charge in [0.2, 0.25) is 0 Å². The highest BCUT2D eigenvalue weighted by Gasteiger charge is 2.03. The van der Waals surface area contributed by atoms with Gasteiger partial charge in [-0.3, -0.25) is 0 Å². The normalized spacial score (nSPS) is 13.1. The minimum atomic E-state index is 0.678. The fourth-order valence-corrected chi connectivity index (χ4v) is 2.94. The number of nitrogens with one attached hydrogen (secondary N) is 1. The Balaban J connectivity index is 2.19. The molecule has 19 heavy (non-hydrogen) atoms. The van der Waals surface area contributed by atoms with E-state index in [0.717, 1.165) is 26.3 Å². The van der Waals surface area contributed by atoms with E-state index < -0.39 is 0 Å². The van der Waals surface area contributed by atoms with Crippen LogP contribution in [-0.4, -0.2) is 13.2 Å². The summed E-state index contributed by atoms with van der Waals surface area (Å²) in [5.41, 5.74) is 0. The number of hydrogen-bond acceptors (Lipinski definition) is 3. The van der Waals surface area contributed by atoms with Crippen molar-refractivity contribution < 1.29 is 4.74 Å². The van der Waals surface area contributed by atoms with Gasteiger partial charge in [0.1, 0.15) is 0 Å². The van der Waals surface area contributed by atoms with Crippen LogP contribution in [0.2, 0.25) is 0 Å². The van der Waals surface area contributed by atoms with Gasteiger partial charge in [-0.15, -0.1) is 11.3 Å². The Morgan fingerprint density at radius 2 is 1.95 bits per heavy atom. The van der Waals surface area contributed by atoms with Gasteiger partial charge < -0.3 is 10.1 Å². The van der Waals surface area contributed by atoms with E-state index in [-0.39, 0.29) is 0 Å². The Hall–Kier alpha value is -0.380. The first-order chi connectivity index (χ1) is 9.11. The summed E-state index contributed by atoms with van der Waals surface area (Å²) in [6, 6.07) is 4.41. The van der Waals surface area contributed by atoms with E-state index in [1.165, 1.54) is 22.6 Å². The van der Waals surface area contributed by atoms with Crippen LogP contribution in [0.5, 0.6) is 0 Å². The first kappa shape index (κ1) is 16.7. The topological polar surface area (TPSA) is 21.3 Å². The molecule has 1 atom stereocenters. The van der Waals surface area contributed by atoms with Crippen molar-refractivity contribution in [2.45, 2.75) is 53.7 Å². The summed E-state index contributed by atoms with van der Waals surface area (Å²) in [5, 5.41) is 3.48. The fraction of sp³-hybridized carbons (Fsp3) is 0.750. The number of thiophene rings is 1. The van der Waals surface area contributed by atoms with Crippen LogP contribution < -0.4 is 5.32 Å². The molecule has 1 N–H and O–H groups in total. The van der Waals surface area contributed by atoms with Crippen molar-refractivity contribution in [2.75, 3.05) is 13.2 Å². The van der Waals surface area contributed by atoms with E-state index in [0.29, 0.717) is 11.8 Å². The lowest BCUT2D eigenvalue weighted by atomic mass is 10.1. The van der Waals surface area contributed by atoms with E-state index in [4.69, 9.17) is 4.74 Å². The summed E-state index contributed by atoms with van der Waals surface area (Å²) in [6.45, 7) is 12.7. The summed E-state index contributed by atoms with van der Waals surface area (Å²) < 4.78 is 5.78. The molecule has 0 bridgehead atoms. The van der Waals surface area contributed by atoms with Crippen LogP contribution in [0.3, 0.4) is 0 Å². The first-order valence-electron chi connectivity index (χ1n) is 7.47. The highest BCUT2D eigenvalue weighted by atomic mass is 32.1. The fourth-order valence-electron chi connectivity index (χ4n) is 2.02. The van der Waals surface area contributed by atoms with Gasteiger partial charge in [-0.2, -0.15) is 0 Å². The molecule has 0 spiro atoms. The third kappa shape index (κ3) is 7.71. The molecule has 0 amide bonds. The molecule has 1 rings (SSSR count). The van der Waals surface area contributed by atoms with Crippen molar-refractivity contribution >= 4 is 11.3 Å². The van der Waals surface area contributed by atoms with Gasteiger partial charge in [0.15, 0.2) is 0 Å². The quantitative estimate of drug-likeness (QED) is 0.685. The zero-order valence-electron chi connectivity index (χ0n) is 12.9. The van der Waals surface area contributed by atoms with Crippen molar-refractivity contribution in [1.82, 2.24) is 5.32 Å². The number of hydrogen-bond donors (Lipinski definition) is 1. The second kappa shape index (κ2) is 9.51. The molecule has 2 nitrogen and oxygen atoms in total. The molecule has 0 aliphatic carbocycles. The lowest BCUT2D eigenvalue weighted by Crippen LogP contribution is -2.18. The Morgan fingerprint density at radius 3 is 2.63 bits per heavy atom. The van der Waals surface area contributed by atoms with Crippen LogP contribution in [0, 0.1) is 11.8 Å². The summed E-state index contributed by atoms with van der Waals surface area (Å²) >= 11 is 1.86. The van der Waals surface area contributed by atoms with Crippen molar-refractivity contribution in [3.63, 3.8) is 0 Å². The Bertz CT molecular complexity index is 335. The molecule has 0 radical (unpaired) electrons. The maximum atomic E-state index is 5.78. The molecule has 0 aliphatic heterocycles. The number of rotatable bonds is 10. The van der Waals surface area contributed by atoms with Crippen LogP contribution >= 0.6 is 11.3 Å². The molecular weight excluding hydrogens is 254 g/mol. The zero-order chi connectivity index (χ0) is 14.1. The van der Waals surface area contributed by atoms with Crippen LogP contribution in [0.4, 0.5) is 0 Å². The molecular formula is C16H29NOS. The van der Waals surface area contributed by atoms with Crippen molar-refractivity contribution in [3.8, 4) is 0 Å². The van der Waals surface area contributed by atoms with Crippen LogP contribution in [0.25, 0.3) is 0 Å². The molecule has 110 valence electrons. The van der Waals surface area contributed by atoms with Gasteiger partial charge in [0.05, 0.1) is 6.61 Å². The minimum Gasteiger partial charge on any atom is -0.376 e. The van der Waals surface area contributed by atoms with Gasteiger partial charge in [0, 0.05) is 22.9 Å². The maximum absolute atomic E-state index is 5.78. The van der Waals surface area contributed by atoms with Gasteiger partial charge in [-0.25, -0.2) is 0 Å². The van der Waals surface area contributed by atoms with Crippen molar-refractivity contribution in [1.29, 1.82) is 0 Å². The Morgan fingerprint density at radius 1 is 1.21 bits per heavy atom. The Labute approximate surface area is 122 Å². The molecule has 0 aliphatic rings. The summed E-state index contributed by atoms with van der Waals surface area (Å²) in [4.78, 5) is 2.74. The minimum absolute atomic E-state index is 0.678. The van der Waals surface area contributed by atoms with E-state index in [1.54, 1.807) is 0 Å². The molecule has 3 heteroatoms. The van der Waals surface area contributed by atoms with Gasteiger partial charge in [-0.05, 0) is 36.9 Å². The van der Waals surface area contributed by atoms with Gasteiger partial charge >= 0.3 is 0 Å². The van der Waals surface area contributed by atoms with Gasteiger partial charge in [-0.1, -0.05) is 34.1 Å². The molecule has 1 unspecified atom stereocenters. The maximum Gasteiger partial charge on any atom is 0.0809 e. The summed E-state index contributed by atoms with van der Waals surface area (Å²) in [6.07, 6.45) is 2.50. The molecule has 0 saturated carbocycles. The first-order valence-corrected chi connectivity index (χ1v) is 8.29. The zero-order valence-corrected chi connectivity index (χ0v) is 13.7. The smallest absolute Gasteiger partial charge is 0.0809 e. The third-order valence-electron chi connectivity index (χ3n) is 3.00. The number of ether oxygens (including phenoxy) is 1. The molecule has 0 saturated heterocycles. The van der Waals surface area contributed by atoms with Crippen LogP contribution in [0.15, 0.2) is 12.1 Å². The second-order valence-electron chi connectivity index (χ2n) is 5.80. The summed E-state index contributed by atoms with van der Waals surface area (Å²) in [5.74, 6) is 1.39. The highest BCUT2D eigenvalue weighted by molar-refractivity contribution is 7.11. The van der Waals surface area contributed by atoms with Crippen molar-refractivity contribution in [2.24, 2.45) is 11.8 Å². The molecule has 0 aromatic carbocycles. The summed E-state index contributed by atoms with van der Waals surface area (Å²) in [7, 11) is 0. The average Bonchev–Trinajstić information content (AvgIpc) is 2.77. The highest BCUT2D eigenvalue weighted by Crippen LogP contribution is 2.18. The third-order valence-corrected chi connectivity index (χ3v) is 4.06. The second-order valence-corrected chi connectivity index (χ2v) is 7.05. The lowest BCUT2D eigenvalue weighted by Gasteiger charge is -2.09. The van der Waals surface area contributed by atoms with Crippen LogP contribution in [0.1, 0.15) is 50.3 Å². The van der Waals surface area contributed by atoms with Gasteiger partial charge in [0.25, 0.3) is 0 Å². The molecule has 1 aromatic rings. The van der Waals surface area contributed by atoms with E-state index in [1.807, 2.05) is 11.3 Å². The predicted octanol–water partition coefficient (Wildman–Crippen LogP) is 4.45. The predicted molar refractivity (Wildman–Crippen MR) is 84.6 cm³/mol. The van der Waals surface area contributed by atoms with E-state index >= 15 is 0 Å². The van der Waals surface area contributed by atoms with E-state index in [9.17, 15) is 0 Å². The van der Waals surface area contributed by atoms with Crippen molar-refractivity contribution in [3.05, 3.63) is 21.9 Å². The SMILES string of the molecule is CCCC(C)COCc1ccc(CNCC(C)C)s1. The van der Waals surface area contributed by atoms with E-state index in [2.05, 4.69) is 45.1 Å². The standard InChI is InChI=1S/C16H29NOS/c1-5-6-14(4)11-18-12-16-8-7-15(19-16)10-17-9-13(2)3/h7-8,13-14,17H,5-6,9-12H2,1-4H3. The molecule has 0 fully saturated rings. The molecule has 1 aromatic heterocycles. The lowest BCUT2D eigenvalue weighted by molar-refractivity contribution is 0.0911. The monoisotopic (exact) mass is 283 g/mol. The largest absolute Gasteiger partial charge is 0.376 e.